The van der Waals surface area contributed by atoms with E-state index >= 15 is 0 Å². The molecule has 12 heavy (non-hydrogen) atoms. The van der Waals surface area contributed by atoms with E-state index in [-0.39, 0.29) is 0 Å². The van der Waals surface area contributed by atoms with Gasteiger partial charge in [-0.2, -0.15) is 8.42 Å². The number of hydrogen-bond donors (Lipinski definition) is 0. The summed E-state index contributed by atoms with van der Waals surface area (Å²) in [5, 5.41) is 0. The molecule has 0 spiro atoms. The number of hydrogen-bond acceptors (Lipinski definition) is 3. The molecular formula is C8H18O3S. The Morgan fingerprint density at radius 1 is 1.25 bits per heavy atom. The molecule has 0 atom stereocenters. The fraction of sp³-hybridized carbons (Fsp3) is 1.00. The van der Waals surface area contributed by atoms with Crippen molar-refractivity contribution in [2.24, 2.45) is 5.92 Å². The Morgan fingerprint density at radius 2 is 1.83 bits per heavy atom. The molecule has 0 N–H and O–H groups in total. The third-order valence-electron chi connectivity index (χ3n) is 1.47. The van der Waals surface area contributed by atoms with E-state index in [0.29, 0.717) is 12.5 Å². The van der Waals surface area contributed by atoms with Gasteiger partial charge in [-0.25, -0.2) is 0 Å². The van der Waals surface area contributed by atoms with Gasteiger partial charge >= 0.3 is 0 Å². The van der Waals surface area contributed by atoms with Crippen LogP contribution in [0.1, 0.15) is 33.1 Å². The molecule has 0 aromatic carbocycles. The normalized spacial score (nSPS) is 12.3. The summed E-state index contributed by atoms with van der Waals surface area (Å²) in [6.45, 7) is 4.63. The SMILES string of the molecule is CC(C)CCCCOS(C)(=O)=O. The van der Waals surface area contributed by atoms with Crippen LogP contribution in [-0.2, 0) is 14.3 Å². The molecule has 0 aliphatic rings. The topological polar surface area (TPSA) is 43.4 Å². The maximum absolute atomic E-state index is 10.5. The molecule has 0 heterocycles. The molecule has 0 aliphatic carbocycles. The van der Waals surface area contributed by atoms with Crippen molar-refractivity contribution in [2.75, 3.05) is 12.9 Å². The minimum absolute atomic E-state index is 0.325. The molecule has 74 valence electrons. The predicted octanol–water partition coefficient (Wildman–Crippen LogP) is 1.79. The molecule has 0 aliphatic heterocycles. The van der Waals surface area contributed by atoms with Crippen LogP contribution in [0.15, 0.2) is 0 Å². The highest BCUT2D eigenvalue weighted by atomic mass is 32.2. The zero-order valence-electron chi connectivity index (χ0n) is 8.04. The first-order chi connectivity index (χ1) is 5.42. The highest BCUT2D eigenvalue weighted by Crippen LogP contribution is 2.06. The van der Waals surface area contributed by atoms with Crippen LogP contribution >= 0.6 is 0 Å². The average molecular weight is 194 g/mol. The minimum atomic E-state index is -3.22. The van der Waals surface area contributed by atoms with Gasteiger partial charge < -0.3 is 0 Å². The largest absolute Gasteiger partial charge is 0.270 e. The average Bonchev–Trinajstić information content (AvgIpc) is 1.83. The molecule has 0 amide bonds. The van der Waals surface area contributed by atoms with Crippen LogP contribution < -0.4 is 0 Å². The van der Waals surface area contributed by atoms with Crippen LogP contribution in [0.4, 0.5) is 0 Å². The molecule has 0 rings (SSSR count). The van der Waals surface area contributed by atoms with Crippen LogP contribution in [0.5, 0.6) is 0 Å². The molecule has 0 aromatic rings. The van der Waals surface area contributed by atoms with Crippen molar-refractivity contribution in [2.45, 2.75) is 33.1 Å². The zero-order valence-corrected chi connectivity index (χ0v) is 8.86. The first-order valence-electron chi connectivity index (χ1n) is 4.26. The van der Waals surface area contributed by atoms with Gasteiger partial charge in [0.2, 0.25) is 0 Å². The number of unbranched alkanes of at least 4 members (excludes halogenated alkanes) is 1. The third kappa shape index (κ3) is 9.91. The van der Waals surface area contributed by atoms with Crippen molar-refractivity contribution < 1.29 is 12.6 Å². The van der Waals surface area contributed by atoms with E-state index in [0.717, 1.165) is 25.5 Å². The Kier molecular flexibility index (Phi) is 5.50. The van der Waals surface area contributed by atoms with Gasteiger partial charge in [-0.15, -0.1) is 0 Å². The summed E-state index contributed by atoms with van der Waals surface area (Å²) in [6, 6.07) is 0. The van der Waals surface area contributed by atoms with E-state index in [4.69, 9.17) is 0 Å². The summed E-state index contributed by atoms with van der Waals surface area (Å²) >= 11 is 0. The van der Waals surface area contributed by atoms with Crippen molar-refractivity contribution in [1.29, 1.82) is 0 Å². The van der Waals surface area contributed by atoms with Gasteiger partial charge in [-0.1, -0.05) is 26.7 Å². The molecule has 4 heteroatoms. The van der Waals surface area contributed by atoms with Gasteiger partial charge in [0, 0.05) is 0 Å². The highest BCUT2D eigenvalue weighted by Gasteiger charge is 2.00. The van der Waals surface area contributed by atoms with Crippen LogP contribution in [0.3, 0.4) is 0 Å². The van der Waals surface area contributed by atoms with Gasteiger partial charge in [0.25, 0.3) is 10.1 Å². The quantitative estimate of drug-likeness (QED) is 0.478. The van der Waals surface area contributed by atoms with E-state index in [9.17, 15) is 8.42 Å². The summed E-state index contributed by atoms with van der Waals surface area (Å²) < 4.78 is 25.6. The van der Waals surface area contributed by atoms with Crippen LogP contribution in [-0.4, -0.2) is 21.3 Å². The standard InChI is InChI=1S/C8H18O3S/c1-8(2)6-4-5-7-11-12(3,9)10/h8H,4-7H2,1-3H3. The molecule has 0 fully saturated rings. The fourth-order valence-electron chi connectivity index (χ4n) is 0.865. The van der Waals surface area contributed by atoms with Crippen molar-refractivity contribution in [3.05, 3.63) is 0 Å². The van der Waals surface area contributed by atoms with Crippen molar-refractivity contribution in [1.82, 2.24) is 0 Å². The van der Waals surface area contributed by atoms with Gasteiger partial charge in [-0.05, 0) is 12.3 Å². The van der Waals surface area contributed by atoms with Gasteiger partial charge in [-0.3, -0.25) is 4.18 Å². The molecule has 0 saturated carbocycles. The summed E-state index contributed by atoms with van der Waals surface area (Å²) in [6.07, 6.45) is 4.07. The molecule has 0 saturated heterocycles. The minimum Gasteiger partial charge on any atom is -0.270 e. The molecular weight excluding hydrogens is 176 g/mol. The van der Waals surface area contributed by atoms with E-state index in [1.807, 2.05) is 0 Å². The van der Waals surface area contributed by atoms with E-state index in [2.05, 4.69) is 18.0 Å². The maximum atomic E-state index is 10.5. The lowest BCUT2D eigenvalue weighted by molar-refractivity contribution is 0.307. The summed E-state index contributed by atoms with van der Waals surface area (Å²) in [5.74, 6) is 0.684. The van der Waals surface area contributed by atoms with Crippen LogP contribution in [0.2, 0.25) is 0 Å². The Labute approximate surface area is 75.2 Å². The Hall–Kier alpha value is -0.0900. The third-order valence-corrected chi connectivity index (χ3v) is 2.07. The summed E-state index contributed by atoms with van der Waals surface area (Å²) in [5.41, 5.74) is 0. The highest BCUT2D eigenvalue weighted by molar-refractivity contribution is 7.85. The van der Waals surface area contributed by atoms with Gasteiger partial charge in [0.05, 0.1) is 12.9 Å². The molecule has 0 aromatic heterocycles. The zero-order chi connectivity index (χ0) is 9.61. The first kappa shape index (κ1) is 11.9. The van der Waals surface area contributed by atoms with E-state index in [1.165, 1.54) is 0 Å². The lowest BCUT2D eigenvalue weighted by Gasteiger charge is -2.03. The molecule has 0 unspecified atom stereocenters. The van der Waals surface area contributed by atoms with Crippen molar-refractivity contribution in [3.63, 3.8) is 0 Å². The smallest absolute Gasteiger partial charge is 0.264 e. The van der Waals surface area contributed by atoms with E-state index < -0.39 is 10.1 Å². The Bertz CT molecular complexity index is 194. The van der Waals surface area contributed by atoms with Crippen LogP contribution in [0.25, 0.3) is 0 Å². The van der Waals surface area contributed by atoms with Crippen LogP contribution in [0, 0.1) is 5.92 Å². The Morgan fingerprint density at radius 3 is 2.25 bits per heavy atom. The molecule has 0 radical (unpaired) electrons. The second kappa shape index (κ2) is 5.54. The maximum Gasteiger partial charge on any atom is 0.264 e. The van der Waals surface area contributed by atoms with Gasteiger partial charge in [0.1, 0.15) is 0 Å². The van der Waals surface area contributed by atoms with Crippen molar-refractivity contribution >= 4 is 10.1 Å². The molecule has 3 nitrogen and oxygen atoms in total. The second-order valence-corrected chi connectivity index (χ2v) is 5.06. The first-order valence-corrected chi connectivity index (χ1v) is 6.08. The second-order valence-electron chi connectivity index (χ2n) is 3.42. The van der Waals surface area contributed by atoms with E-state index in [1.54, 1.807) is 0 Å². The summed E-state index contributed by atoms with van der Waals surface area (Å²) in [4.78, 5) is 0. The van der Waals surface area contributed by atoms with Crippen molar-refractivity contribution in [3.8, 4) is 0 Å². The lowest BCUT2D eigenvalue weighted by atomic mass is 10.1. The monoisotopic (exact) mass is 194 g/mol. The Balaban J connectivity index is 3.23. The fourth-order valence-corrected chi connectivity index (χ4v) is 1.29. The molecule has 0 bridgehead atoms. The summed E-state index contributed by atoms with van der Waals surface area (Å²) in [7, 11) is -3.22. The number of rotatable bonds is 6. The lowest BCUT2D eigenvalue weighted by Crippen LogP contribution is -2.04. The predicted molar refractivity (Wildman–Crippen MR) is 49.5 cm³/mol. The van der Waals surface area contributed by atoms with Gasteiger partial charge in [0.15, 0.2) is 0 Å².